The standard InChI is InChI=1S/C9H19N3O/c1-2-6-12-9(13)4-8-11(12)7-3-5-10/h2-8,10H2,1H3. The van der Waals surface area contributed by atoms with Gasteiger partial charge in [-0.3, -0.25) is 9.80 Å². The van der Waals surface area contributed by atoms with Gasteiger partial charge in [-0.25, -0.2) is 5.01 Å². The van der Waals surface area contributed by atoms with E-state index in [4.69, 9.17) is 5.73 Å². The van der Waals surface area contributed by atoms with Crippen molar-refractivity contribution in [3.63, 3.8) is 0 Å². The van der Waals surface area contributed by atoms with Crippen molar-refractivity contribution < 1.29 is 4.79 Å². The van der Waals surface area contributed by atoms with Gasteiger partial charge in [-0.05, 0) is 19.4 Å². The third kappa shape index (κ3) is 2.67. The molecule has 4 nitrogen and oxygen atoms in total. The van der Waals surface area contributed by atoms with E-state index in [1.165, 1.54) is 0 Å². The number of hydrogen-bond acceptors (Lipinski definition) is 3. The second kappa shape index (κ2) is 5.19. The van der Waals surface area contributed by atoms with Crippen LogP contribution < -0.4 is 5.73 Å². The van der Waals surface area contributed by atoms with E-state index in [-0.39, 0.29) is 5.91 Å². The Hall–Kier alpha value is -0.610. The van der Waals surface area contributed by atoms with Crippen LogP contribution in [0.15, 0.2) is 0 Å². The number of nitrogens with two attached hydrogens (primary N) is 1. The highest BCUT2D eigenvalue weighted by molar-refractivity contribution is 5.77. The number of nitrogens with zero attached hydrogens (tertiary/aromatic N) is 2. The van der Waals surface area contributed by atoms with E-state index >= 15 is 0 Å². The molecule has 0 aromatic rings. The zero-order valence-electron chi connectivity index (χ0n) is 8.33. The molecule has 0 atom stereocenters. The van der Waals surface area contributed by atoms with Gasteiger partial charge in [0.15, 0.2) is 0 Å². The van der Waals surface area contributed by atoms with Crippen LogP contribution in [0.2, 0.25) is 0 Å². The minimum absolute atomic E-state index is 0.263. The van der Waals surface area contributed by atoms with Gasteiger partial charge in [-0.2, -0.15) is 0 Å². The van der Waals surface area contributed by atoms with Crippen molar-refractivity contribution in [2.45, 2.75) is 26.2 Å². The van der Waals surface area contributed by atoms with Gasteiger partial charge in [0, 0.05) is 26.1 Å². The zero-order valence-corrected chi connectivity index (χ0v) is 8.33. The van der Waals surface area contributed by atoms with Crippen LogP contribution in [0.5, 0.6) is 0 Å². The summed E-state index contributed by atoms with van der Waals surface area (Å²) in [6.07, 6.45) is 2.66. The van der Waals surface area contributed by atoms with Gasteiger partial charge in [0.2, 0.25) is 5.91 Å². The lowest BCUT2D eigenvalue weighted by Gasteiger charge is -2.27. The van der Waals surface area contributed by atoms with Gasteiger partial charge in [-0.15, -0.1) is 0 Å². The van der Waals surface area contributed by atoms with Crippen LogP contribution in [0.3, 0.4) is 0 Å². The second-order valence-electron chi connectivity index (χ2n) is 3.36. The topological polar surface area (TPSA) is 49.6 Å². The second-order valence-corrected chi connectivity index (χ2v) is 3.36. The van der Waals surface area contributed by atoms with Gasteiger partial charge >= 0.3 is 0 Å². The van der Waals surface area contributed by atoms with Crippen LogP contribution in [0.1, 0.15) is 26.2 Å². The van der Waals surface area contributed by atoms with Crippen molar-refractivity contribution in [1.82, 2.24) is 10.0 Å². The maximum atomic E-state index is 11.4. The zero-order chi connectivity index (χ0) is 9.68. The molecule has 1 rings (SSSR count). The Kier molecular flexibility index (Phi) is 4.18. The predicted octanol–water partition coefficient (Wildman–Crippen LogP) is 0.195. The summed E-state index contributed by atoms with van der Waals surface area (Å²) < 4.78 is 0. The van der Waals surface area contributed by atoms with E-state index in [9.17, 15) is 4.79 Å². The fourth-order valence-corrected chi connectivity index (χ4v) is 1.62. The summed E-state index contributed by atoms with van der Waals surface area (Å²) in [6.45, 7) is 5.43. The summed E-state index contributed by atoms with van der Waals surface area (Å²) >= 11 is 0. The predicted molar refractivity (Wildman–Crippen MR) is 51.9 cm³/mol. The molecule has 1 heterocycles. The van der Waals surface area contributed by atoms with Crippen molar-refractivity contribution in [3.05, 3.63) is 0 Å². The normalized spacial score (nSPS) is 18.6. The molecule has 0 saturated carbocycles. The first kappa shape index (κ1) is 10.5. The number of hydrazine groups is 1. The first-order chi connectivity index (χ1) is 6.29. The molecule has 4 heteroatoms. The molecule has 2 N–H and O–H groups in total. The highest BCUT2D eigenvalue weighted by Gasteiger charge is 2.26. The molecule has 0 unspecified atom stereocenters. The molecule has 0 aliphatic carbocycles. The molecule has 0 spiro atoms. The van der Waals surface area contributed by atoms with Crippen LogP contribution in [0.4, 0.5) is 0 Å². The van der Waals surface area contributed by atoms with Gasteiger partial charge in [-0.1, -0.05) is 6.92 Å². The number of carbonyl (C=O) groups excluding carboxylic acids is 1. The lowest BCUT2D eigenvalue weighted by molar-refractivity contribution is -0.138. The highest BCUT2D eigenvalue weighted by Crippen LogP contribution is 2.12. The minimum Gasteiger partial charge on any atom is -0.330 e. The number of rotatable bonds is 5. The third-order valence-electron chi connectivity index (χ3n) is 2.27. The van der Waals surface area contributed by atoms with Crippen LogP contribution in [-0.4, -0.2) is 42.1 Å². The molecule has 13 heavy (non-hydrogen) atoms. The Morgan fingerprint density at radius 3 is 2.85 bits per heavy atom. The Bertz CT molecular complexity index is 172. The molecule has 0 aromatic heterocycles. The van der Waals surface area contributed by atoms with Crippen LogP contribution in [0, 0.1) is 0 Å². The summed E-state index contributed by atoms with van der Waals surface area (Å²) in [7, 11) is 0. The molecule has 0 aromatic carbocycles. The fraction of sp³-hybridized carbons (Fsp3) is 0.889. The number of carbonyl (C=O) groups is 1. The summed E-state index contributed by atoms with van der Waals surface area (Å²) in [5.41, 5.74) is 5.43. The molecule has 76 valence electrons. The van der Waals surface area contributed by atoms with E-state index in [1.54, 1.807) is 0 Å². The van der Waals surface area contributed by atoms with Crippen LogP contribution in [0.25, 0.3) is 0 Å². The monoisotopic (exact) mass is 185 g/mol. The maximum Gasteiger partial charge on any atom is 0.238 e. The van der Waals surface area contributed by atoms with Gasteiger partial charge in [0.1, 0.15) is 0 Å². The Balaban J connectivity index is 2.39. The lowest BCUT2D eigenvalue weighted by Crippen LogP contribution is -2.40. The van der Waals surface area contributed by atoms with Gasteiger partial charge in [0.05, 0.1) is 0 Å². The van der Waals surface area contributed by atoms with Crippen molar-refractivity contribution in [1.29, 1.82) is 0 Å². The molecule has 0 bridgehead atoms. The Morgan fingerprint density at radius 1 is 1.46 bits per heavy atom. The molecular weight excluding hydrogens is 166 g/mol. The average molecular weight is 185 g/mol. The first-order valence-corrected chi connectivity index (χ1v) is 5.05. The quantitative estimate of drug-likeness (QED) is 0.665. The van der Waals surface area contributed by atoms with Gasteiger partial charge < -0.3 is 5.73 Å². The molecule has 1 saturated heterocycles. The number of amides is 1. The van der Waals surface area contributed by atoms with Crippen molar-refractivity contribution in [2.24, 2.45) is 5.73 Å². The largest absolute Gasteiger partial charge is 0.330 e. The number of hydrogen-bond donors (Lipinski definition) is 1. The molecular formula is C9H19N3O. The average Bonchev–Trinajstić information content (AvgIpc) is 2.46. The molecule has 1 aliphatic heterocycles. The van der Waals surface area contributed by atoms with Crippen molar-refractivity contribution in [2.75, 3.05) is 26.2 Å². The molecule has 1 aliphatic rings. The highest BCUT2D eigenvalue weighted by atomic mass is 16.2. The molecule has 1 amide bonds. The van der Waals surface area contributed by atoms with E-state index in [0.717, 1.165) is 32.5 Å². The summed E-state index contributed by atoms with van der Waals surface area (Å²) in [5.74, 6) is 0.263. The van der Waals surface area contributed by atoms with E-state index in [1.807, 2.05) is 5.01 Å². The van der Waals surface area contributed by atoms with E-state index in [2.05, 4.69) is 11.9 Å². The van der Waals surface area contributed by atoms with Crippen molar-refractivity contribution >= 4 is 5.91 Å². The first-order valence-electron chi connectivity index (χ1n) is 5.05. The fourth-order valence-electron chi connectivity index (χ4n) is 1.62. The smallest absolute Gasteiger partial charge is 0.238 e. The SMILES string of the molecule is CCCN1C(=O)CCN1CCCN. The van der Waals surface area contributed by atoms with Crippen molar-refractivity contribution in [3.8, 4) is 0 Å². The van der Waals surface area contributed by atoms with Gasteiger partial charge in [0.25, 0.3) is 0 Å². The third-order valence-corrected chi connectivity index (χ3v) is 2.27. The summed E-state index contributed by atoms with van der Waals surface area (Å²) in [6, 6.07) is 0. The Morgan fingerprint density at radius 2 is 2.23 bits per heavy atom. The minimum atomic E-state index is 0.263. The Labute approximate surface area is 79.6 Å². The molecule has 1 fully saturated rings. The molecule has 0 radical (unpaired) electrons. The van der Waals surface area contributed by atoms with E-state index in [0.29, 0.717) is 13.0 Å². The lowest BCUT2D eigenvalue weighted by atomic mass is 10.4. The van der Waals surface area contributed by atoms with Crippen LogP contribution in [-0.2, 0) is 4.79 Å². The maximum absolute atomic E-state index is 11.4. The summed E-state index contributed by atoms with van der Waals surface area (Å²) in [4.78, 5) is 11.4. The summed E-state index contributed by atoms with van der Waals surface area (Å²) in [5, 5.41) is 3.99. The van der Waals surface area contributed by atoms with E-state index < -0.39 is 0 Å². The van der Waals surface area contributed by atoms with Crippen LogP contribution >= 0.6 is 0 Å².